The van der Waals surface area contributed by atoms with Crippen molar-refractivity contribution in [1.82, 2.24) is 14.9 Å². The van der Waals surface area contributed by atoms with Gasteiger partial charge in [-0.25, -0.2) is 14.8 Å². The summed E-state index contributed by atoms with van der Waals surface area (Å²) >= 11 is 0. The van der Waals surface area contributed by atoms with E-state index in [1.165, 1.54) is 7.11 Å². The number of benzene rings is 5. The van der Waals surface area contributed by atoms with Gasteiger partial charge in [0.05, 0.1) is 7.11 Å². The van der Waals surface area contributed by atoms with E-state index in [9.17, 15) is 19.5 Å². The molecule has 0 bridgehead atoms. The molecular formula is C50H41N3O10. The van der Waals surface area contributed by atoms with Gasteiger partial charge >= 0.3 is 12.1 Å². The number of aromatic nitrogens is 2. The molecule has 0 fully saturated rings. The molecule has 0 aliphatic carbocycles. The Labute approximate surface area is 363 Å². The maximum absolute atomic E-state index is 12.7. The van der Waals surface area contributed by atoms with Crippen LogP contribution >= 0.6 is 0 Å². The second-order valence-electron chi connectivity index (χ2n) is 13.4. The van der Waals surface area contributed by atoms with Crippen molar-refractivity contribution in [2.45, 2.75) is 20.4 Å². The van der Waals surface area contributed by atoms with Gasteiger partial charge in [-0.3, -0.25) is 14.5 Å². The van der Waals surface area contributed by atoms with Crippen molar-refractivity contribution in [3.8, 4) is 69.6 Å². The second kappa shape index (κ2) is 22.2. The average molecular weight is 844 g/mol. The summed E-state index contributed by atoms with van der Waals surface area (Å²) < 4.78 is 33.1. The standard InChI is InChI=1S/C30H26N2O7.C20H15NO3/c1-21-27(31-29(38-21)23-9-4-3-5-10-23)12-7-17-37-26-11-6-8-22(18-26)19-32(20-28(33)34)30(35)39-25-15-13-24(36-2)14-16-25;1-15-19(21-20(24-15)17-8-3-2-4-9-17)11-6-12-23-18-10-5-7-16(13-18)14-22/h3-6,8-11,13-16,18H,17,19-20H2,1-2H3,(H,33,34);2-5,7-10,13-14H,12H2,1H3. The molecule has 13 nitrogen and oxygen atoms in total. The molecule has 2 aromatic heterocycles. The highest BCUT2D eigenvalue weighted by atomic mass is 16.6. The Morgan fingerprint density at radius 3 is 1.71 bits per heavy atom. The molecular weight excluding hydrogens is 803 g/mol. The number of carboxylic acid groups (broad SMARTS) is 1. The normalized spacial score (nSPS) is 10.1. The predicted octanol–water partition coefficient (Wildman–Crippen LogP) is 9.07. The quantitative estimate of drug-likeness (QED) is 0.0867. The number of methoxy groups -OCH3 is 1. The number of carboxylic acids is 1. The molecule has 0 saturated heterocycles. The summed E-state index contributed by atoms with van der Waals surface area (Å²) in [5.41, 5.74) is 4.14. The Kier molecular flexibility index (Phi) is 15.5. The van der Waals surface area contributed by atoms with Gasteiger partial charge in [-0.2, -0.15) is 0 Å². The fourth-order valence-corrected chi connectivity index (χ4v) is 5.70. The van der Waals surface area contributed by atoms with Crippen LogP contribution in [0.1, 0.15) is 38.8 Å². The van der Waals surface area contributed by atoms with Crippen LogP contribution in [0, 0.1) is 37.5 Å². The molecule has 5 aromatic carbocycles. The van der Waals surface area contributed by atoms with Crippen LogP contribution in [-0.4, -0.2) is 65.2 Å². The van der Waals surface area contributed by atoms with Gasteiger partial charge in [0.15, 0.2) is 11.4 Å². The van der Waals surface area contributed by atoms with Crippen molar-refractivity contribution in [2.75, 3.05) is 26.9 Å². The number of hydrogen-bond acceptors (Lipinski definition) is 11. The fourth-order valence-electron chi connectivity index (χ4n) is 5.70. The SMILES string of the molecule is COc1ccc(OC(=O)N(CC(=O)O)Cc2cccc(OCC#Cc3nc(-c4ccccc4)oc3C)c2)cc1.Cc1oc(-c2ccccc2)nc1C#CCOc1cccc(C=O)c1. The van der Waals surface area contributed by atoms with E-state index in [2.05, 4.69) is 33.6 Å². The number of oxazole rings is 2. The van der Waals surface area contributed by atoms with Gasteiger partial charge < -0.3 is 32.9 Å². The number of hydrogen-bond donors (Lipinski definition) is 1. The molecule has 7 aromatic rings. The Bertz CT molecular complexity index is 2760. The van der Waals surface area contributed by atoms with Gasteiger partial charge in [0, 0.05) is 23.2 Å². The number of aryl methyl sites for hydroxylation is 2. The molecule has 63 heavy (non-hydrogen) atoms. The molecule has 1 N–H and O–H groups in total. The average Bonchev–Trinajstić information content (AvgIpc) is 3.88. The molecule has 0 aliphatic heterocycles. The van der Waals surface area contributed by atoms with E-state index in [0.717, 1.165) is 22.3 Å². The maximum Gasteiger partial charge on any atom is 0.416 e. The van der Waals surface area contributed by atoms with E-state index in [4.69, 9.17) is 27.8 Å². The van der Waals surface area contributed by atoms with Crippen LogP contribution in [0.5, 0.6) is 23.0 Å². The number of ether oxygens (including phenoxy) is 4. The highest BCUT2D eigenvalue weighted by molar-refractivity contribution is 5.78. The summed E-state index contributed by atoms with van der Waals surface area (Å²) in [5, 5.41) is 9.31. The van der Waals surface area contributed by atoms with Crippen LogP contribution in [0.15, 0.2) is 142 Å². The van der Waals surface area contributed by atoms with Gasteiger partial charge in [0.2, 0.25) is 11.8 Å². The first kappa shape index (κ1) is 44.0. The molecule has 0 saturated carbocycles. The van der Waals surface area contributed by atoms with Gasteiger partial charge in [0.25, 0.3) is 0 Å². The van der Waals surface area contributed by atoms with Gasteiger partial charge in [-0.1, -0.05) is 72.5 Å². The Morgan fingerprint density at radius 2 is 1.19 bits per heavy atom. The first-order valence-corrected chi connectivity index (χ1v) is 19.4. The van der Waals surface area contributed by atoms with Gasteiger partial charge in [0.1, 0.15) is 60.6 Å². The minimum absolute atomic E-state index is 0.00453. The number of nitrogens with zero attached hydrogens (tertiary/aromatic N) is 3. The lowest BCUT2D eigenvalue weighted by Crippen LogP contribution is -2.37. The van der Waals surface area contributed by atoms with Crippen LogP contribution in [0.3, 0.4) is 0 Å². The van der Waals surface area contributed by atoms with Crippen molar-refractivity contribution in [3.63, 3.8) is 0 Å². The summed E-state index contributed by atoms with van der Waals surface area (Å²) in [6.45, 7) is 3.40. The lowest BCUT2D eigenvalue weighted by atomic mass is 10.2. The smallest absolute Gasteiger partial charge is 0.416 e. The van der Waals surface area contributed by atoms with Crippen molar-refractivity contribution in [1.29, 1.82) is 0 Å². The highest BCUT2D eigenvalue weighted by Gasteiger charge is 2.20. The summed E-state index contributed by atoms with van der Waals surface area (Å²) in [6.07, 6.45) is -0.0137. The van der Waals surface area contributed by atoms with Crippen LogP contribution in [0.4, 0.5) is 4.79 Å². The Morgan fingerprint density at radius 1 is 0.667 bits per heavy atom. The zero-order valence-electron chi connectivity index (χ0n) is 34.6. The van der Waals surface area contributed by atoms with E-state index in [0.29, 0.717) is 63.1 Å². The first-order valence-electron chi connectivity index (χ1n) is 19.4. The topological polar surface area (TPSA) is 164 Å². The zero-order chi connectivity index (χ0) is 44.4. The zero-order valence-corrected chi connectivity index (χ0v) is 34.6. The molecule has 2 heterocycles. The monoisotopic (exact) mass is 843 g/mol. The van der Waals surface area contributed by atoms with Crippen LogP contribution in [0.25, 0.3) is 22.9 Å². The fraction of sp³-hybridized carbons (Fsp3) is 0.140. The number of carbonyl (C=O) groups is 3. The minimum Gasteiger partial charge on any atom is -0.497 e. The summed E-state index contributed by atoms with van der Waals surface area (Å²) in [6, 6.07) is 39.6. The summed E-state index contributed by atoms with van der Waals surface area (Å²) in [7, 11) is 1.53. The van der Waals surface area contributed by atoms with Gasteiger partial charge in [-0.05, 0) is 104 Å². The predicted molar refractivity (Wildman–Crippen MR) is 233 cm³/mol. The van der Waals surface area contributed by atoms with E-state index < -0.39 is 18.6 Å². The second-order valence-corrected chi connectivity index (χ2v) is 13.4. The van der Waals surface area contributed by atoms with Crippen LogP contribution in [0.2, 0.25) is 0 Å². The Hall–Kier alpha value is -8.55. The lowest BCUT2D eigenvalue weighted by molar-refractivity contribution is -0.138. The van der Waals surface area contributed by atoms with Crippen LogP contribution < -0.4 is 18.9 Å². The molecule has 0 atom stereocenters. The van der Waals surface area contributed by atoms with Crippen molar-refractivity contribution in [3.05, 3.63) is 167 Å². The lowest BCUT2D eigenvalue weighted by Gasteiger charge is -2.20. The third-order valence-electron chi connectivity index (χ3n) is 8.79. The molecule has 0 unspecified atom stereocenters. The molecule has 316 valence electrons. The largest absolute Gasteiger partial charge is 0.497 e. The molecule has 13 heteroatoms. The number of aldehydes is 1. The van der Waals surface area contributed by atoms with E-state index in [1.807, 2.05) is 67.6 Å². The van der Waals surface area contributed by atoms with Crippen LogP contribution in [-0.2, 0) is 11.3 Å². The number of aliphatic carboxylic acids is 1. The number of amides is 1. The van der Waals surface area contributed by atoms with E-state index >= 15 is 0 Å². The van der Waals surface area contributed by atoms with Gasteiger partial charge in [-0.15, -0.1) is 0 Å². The third-order valence-corrected chi connectivity index (χ3v) is 8.79. The summed E-state index contributed by atoms with van der Waals surface area (Å²) in [5.74, 6) is 14.9. The minimum atomic E-state index is -1.16. The number of carbonyl (C=O) groups excluding carboxylic acids is 2. The number of rotatable bonds is 13. The van der Waals surface area contributed by atoms with E-state index in [-0.39, 0.29) is 25.5 Å². The first-order chi connectivity index (χ1) is 30.7. The van der Waals surface area contributed by atoms with E-state index in [1.54, 1.807) is 79.7 Å². The molecule has 1 amide bonds. The van der Waals surface area contributed by atoms with Crippen molar-refractivity contribution >= 4 is 18.3 Å². The highest BCUT2D eigenvalue weighted by Crippen LogP contribution is 2.23. The van der Waals surface area contributed by atoms with Crippen molar-refractivity contribution in [2.24, 2.45) is 0 Å². The molecule has 0 aliphatic rings. The molecule has 0 radical (unpaired) electrons. The third kappa shape index (κ3) is 13.2. The maximum atomic E-state index is 12.7. The summed E-state index contributed by atoms with van der Waals surface area (Å²) in [4.78, 5) is 44.8. The molecule has 0 spiro atoms. The van der Waals surface area contributed by atoms with Crippen molar-refractivity contribution < 1.29 is 47.3 Å². The molecule has 7 rings (SSSR count). The Balaban J connectivity index is 0.000000235.